The SMILES string of the molecule is Cc1cccc(Nc2nccc(N3CCN(C(=O)c4ccco4)CC3)n2)c1. The topological polar surface area (TPSA) is 74.5 Å². The Morgan fingerprint density at radius 1 is 1.11 bits per heavy atom. The van der Waals surface area contributed by atoms with Crippen molar-refractivity contribution in [3.8, 4) is 0 Å². The Morgan fingerprint density at radius 3 is 2.70 bits per heavy atom. The third-order valence-electron chi connectivity index (χ3n) is 4.54. The maximum absolute atomic E-state index is 12.4. The molecule has 1 fully saturated rings. The van der Waals surface area contributed by atoms with E-state index in [9.17, 15) is 4.79 Å². The van der Waals surface area contributed by atoms with Crippen LogP contribution in [-0.2, 0) is 0 Å². The Morgan fingerprint density at radius 2 is 1.96 bits per heavy atom. The summed E-state index contributed by atoms with van der Waals surface area (Å²) < 4.78 is 5.21. The highest BCUT2D eigenvalue weighted by Gasteiger charge is 2.24. The van der Waals surface area contributed by atoms with Gasteiger partial charge in [-0.3, -0.25) is 4.79 Å². The minimum atomic E-state index is -0.0656. The molecule has 1 N–H and O–H groups in total. The van der Waals surface area contributed by atoms with Crippen LogP contribution >= 0.6 is 0 Å². The van der Waals surface area contributed by atoms with Crippen molar-refractivity contribution in [1.82, 2.24) is 14.9 Å². The molecule has 27 heavy (non-hydrogen) atoms. The van der Waals surface area contributed by atoms with E-state index in [2.05, 4.69) is 26.3 Å². The number of anilines is 3. The lowest BCUT2D eigenvalue weighted by molar-refractivity contribution is 0.0714. The van der Waals surface area contributed by atoms with Gasteiger partial charge < -0.3 is 19.5 Å². The minimum absolute atomic E-state index is 0.0656. The Balaban J connectivity index is 1.40. The van der Waals surface area contributed by atoms with Crippen LogP contribution in [0, 0.1) is 6.92 Å². The molecular formula is C20H21N5O2. The Hall–Kier alpha value is -3.35. The van der Waals surface area contributed by atoms with E-state index < -0.39 is 0 Å². The number of piperazine rings is 1. The number of nitrogens with one attached hydrogen (secondary N) is 1. The predicted molar refractivity (Wildman–Crippen MR) is 103 cm³/mol. The molecule has 1 saturated heterocycles. The molecule has 1 aromatic carbocycles. The monoisotopic (exact) mass is 363 g/mol. The minimum Gasteiger partial charge on any atom is -0.459 e. The summed E-state index contributed by atoms with van der Waals surface area (Å²) in [5.74, 6) is 1.73. The second kappa shape index (κ2) is 7.49. The summed E-state index contributed by atoms with van der Waals surface area (Å²) in [6.45, 7) is 4.74. The number of benzene rings is 1. The number of hydrogen-bond acceptors (Lipinski definition) is 6. The first-order valence-electron chi connectivity index (χ1n) is 8.93. The van der Waals surface area contributed by atoms with Gasteiger partial charge in [-0.1, -0.05) is 12.1 Å². The molecule has 0 bridgehead atoms. The van der Waals surface area contributed by atoms with Gasteiger partial charge in [-0.25, -0.2) is 4.98 Å². The quantitative estimate of drug-likeness (QED) is 0.768. The van der Waals surface area contributed by atoms with Crippen LogP contribution in [0.1, 0.15) is 16.1 Å². The molecule has 0 saturated carbocycles. The fourth-order valence-electron chi connectivity index (χ4n) is 3.13. The van der Waals surface area contributed by atoms with Gasteiger partial charge in [0.05, 0.1) is 6.26 Å². The average Bonchev–Trinajstić information content (AvgIpc) is 3.23. The average molecular weight is 363 g/mol. The summed E-state index contributed by atoms with van der Waals surface area (Å²) in [4.78, 5) is 25.3. The summed E-state index contributed by atoms with van der Waals surface area (Å²) >= 11 is 0. The normalized spacial score (nSPS) is 14.3. The van der Waals surface area contributed by atoms with E-state index in [-0.39, 0.29) is 5.91 Å². The van der Waals surface area contributed by atoms with Crippen molar-refractivity contribution in [2.75, 3.05) is 36.4 Å². The van der Waals surface area contributed by atoms with Gasteiger partial charge in [0.25, 0.3) is 5.91 Å². The van der Waals surface area contributed by atoms with Gasteiger partial charge in [0.15, 0.2) is 5.76 Å². The number of rotatable bonds is 4. The highest BCUT2D eigenvalue weighted by atomic mass is 16.3. The zero-order chi connectivity index (χ0) is 18.6. The number of aromatic nitrogens is 2. The lowest BCUT2D eigenvalue weighted by Crippen LogP contribution is -2.49. The summed E-state index contributed by atoms with van der Waals surface area (Å²) in [6, 6.07) is 13.4. The van der Waals surface area contributed by atoms with Gasteiger partial charge in [-0.05, 0) is 42.8 Å². The van der Waals surface area contributed by atoms with E-state index in [1.54, 1.807) is 18.3 Å². The standard InChI is InChI=1S/C20H21N5O2/c1-15-4-2-5-16(14-15)22-20-21-8-7-18(23-20)24-9-11-25(12-10-24)19(26)17-6-3-13-27-17/h2-8,13-14H,9-12H2,1H3,(H,21,22,23). The van der Waals surface area contributed by atoms with Crippen molar-refractivity contribution < 1.29 is 9.21 Å². The first-order valence-corrected chi connectivity index (χ1v) is 8.93. The van der Waals surface area contributed by atoms with Crippen LogP contribution in [0.5, 0.6) is 0 Å². The first-order chi connectivity index (χ1) is 13.2. The van der Waals surface area contributed by atoms with Crippen LogP contribution in [0.4, 0.5) is 17.5 Å². The van der Waals surface area contributed by atoms with E-state index in [1.807, 2.05) is 36.1 Å². The molecule has 4 rings (SSSR count). The van der Waals surface area contributed by atoms with Gasteiger partial charge in [0, 0.05) is 38.1 Å². The molecule has 1 aliphatic rings. The molecule has 0 aliphatic carbocycles. The van der Waals surface area contributed by atoms with Crippen LogP contribution in [0.15, 0.2) is 59.3 Å². The number of nitrogens with zero attached hydrogens (tertiary/aromatic N) is 4. The van der Waals surface area contributed by atoms with Gasteiger partial charge >= 0.3 is 0 Å². The molecule has 7 nitrogen and oxygen atoms in total. The Labute approximate surface area is 157 Å². The van der Waals surface area contributed by atoms with Gasteiger partial charge in [-0.2, -0.15) is 4.98 Å². The van der Waals surface area contributed by atoms with Gasteiger partial charge in [-0.15, -0.1) is 0 Å². The molecule has 3 aromatic rings. The van der Waals surface area contributed by atoms with Crippen molar-refractivity contribution in [2.45, 2.75) is 6.92 Å². The van der Waals surface area contributed by atoms with E-state index in [4.69, 9.17) is 4.42 Å². The van der Waals surface area contributed by atoms with Crippen LogP contribution in [-0.4, -0.2) is 47.0 Å². The van der Waals surface area contributed by atoms with E-state index in [0.29, 0.717) is 37.9 Å². The van der Waals surface area contributed by atoms with Crippen LogP contribution in [0.25, 0.3) is 0 Å². The zero-order valence-electron chi connectivity index (χ0n) is 15.1. The summed E-state index contributed by atoms with van der Waals surface area (Å²) in [7, 11) is 0. The number of carbonyl (C=O) groups excluding carboxylic acids is 1. The lowest BCUT2D eigenvalue weighted by atomic mass is 10.2. The van der Waals surface area contributed by atoms with E-state index >= 15 is 0 Å². The number of carbonyl (C=O) groups is 1. The number of hydrogen-bond donors (Lipinski definition) is 1. The highest BCUT2D eigenvalue weighted by molar-refractivity contribution is 5.91. The molecular weight excluding hydrogens is 342 g/mol. The lowest BCUT2D eigenvalue weighted by Gasteiger charge is -2.35. The molecule has 2 aromatic heterocycles. The third kappa shape index (κ3) is 3.92. The smallest absolute Gasteiger partial charge is 0.289 e. The fraction of sp³-hybridized carbons (Fsp3) is 0.250. The van der Waals surface area contributed by atoms with Crippen LogP contribution in [0.2, 0.25) is 0 Å². The second-order valence-electron chi connectivity index (χ2n) is 6.49. The number of furan rings is 1. The molecule has 0 unspecified atom stereocenters. The molecule has 3 heterocycles. The fourth-order valence-corrected chi connectivity index (χ4v) is 3.13. The third-order valence-corrected chi connectivity index (χ3v) is 4.54. The molecule has 0 spiro atoms. The summed E-state index contributed by atoms with van der Waals surface area (Å²) in [5.41, 5.74) is 2.13. The van der Waals surface area contributed by atoms with E-state index in [0.717, 1.165) is 11.5 Å². The molecule has 0 radical (unpaired) electrons. The molecule has 0 atom stereocenters. The van der Waals surface area contributed by atoms with Crippen LogP contribution in [0.3, 0.4) is 0 Å². The van der Waals surface area contributed by atoms with Crippen molar-refractivity contribution >= 4 is 23.4 Å². The highest BCUT2D eigenvalue weighted by Crippen LogP contribution is 2.19. The van der Waals surface area contributed by atoms with Crippen molar-refractivity contribution in [3.63, 3.8) is 0 Å². The summed E-state index contributed by atoms with van der Waals surface area (Å²) in [6.07, 6.45) is 3.27. The molecule has 1 amide bonds. The molecule has 7 heteroatoms. The van der Waals surface area contributed by atoms with Gasteiger partial charge in [0.2, 0.25) is 5.95 Å². The van der Waals surface area contributed by atoms with Crippen molar-refractivity contribution in [3.05, 3.63) is 66.2 Å². The van der Waals surface area contributed by atoms with Crippen molar-refractivity contribution in [2.24, 2.45) is 0 Å². The Bertz CT molecular complexity index is 918. The maximum atomic E-state index is 12.4. The van der Waals surface area contributed by atoms with Crippen molar-refractivity contribution in [1.29, 1.82) is 0 Å². The van der Waals surface area contributed by atoms with Gasteiger partial charge in [0.1, 0.15) is 5.82 Å². The predicted octanol–water partition coefficient (Wildman–Crippen LogP) is 3.08. The molecule has 138 valence electrons. The number of amides is 1. The summed E-state index contributed by atoms with van der Waals surface area (Å²) in [5, 5.41) is 3.24. The Kier molecular flexibility index (Phi) is 4.74. The molecule has 1 aliphatic heterocycles. The largest absolute Gasteiger partial charge is 0.459 e. The maximum Gasteiger partial charge on any atom is 0.289 e. The second-order valence-corrected chi connectivity index (χ2v) is 6.49. The number of aryl methyl sites for hydroxylation is 1. The first kappa shape index (κ1) is 17.1. The van der Waals surface area contributed by atoms with Crippen LogP contribution < -0.4 is 10.2 Å². The zero-order valence-corrected chi connectivity index (χ0v) is 15.1. The van der Waals surface area contributed by atoms with E-state index in [1.165, 1.54) is 11.8 Å².